The van der Waals surface area contributed by atoms with Crippen molar-refractivity contribution in [1.82, 2.24) is 20.0 Å². The molecule has 5 nitrogen and oxygen atoms in total. The first-order valence-electron chi connectivity index (χ1n) is 9.39. The zero-order chi connectivity index (χ0) is 17.5. The van der Waals surface area contributed by atoms with Gasteiger partial charge in [-0.05, 0) is 56.6 Å². The zero-order valence-electron chi connectivity index (χ0n) is 15.5. The molecule has 0 unspecified atom stereocenters. The summed E-state index contributed by atoms with van der Waals surface area (Å²) in [4.78, 5) is 2.54. The van der Waals surface area contributed by atoms with Crippen molar-refractivity contribution in [2.24, 2.45) is 0 Å². The van der Waals surface area contributed by atoms with Crippen LogP contribution in [0.4, 0.5) is 0 Å². The number of rotatable bonds is 8. The molecular weight excluding hydrogens is 312 g/mol. The average Bonchev–Trinajstić information content (AvgIpc) is 3.11. The van der Waals surface area contributed by atoms with E-state index < -0.39 is 0 Å². The van der Waals surface area contributed by atoms with E-state index in [1.807, 2.05) is 10.9 Å². The van der Waals surface area contributed by atoms with Gasteiger partial charge in [-0.25, -0.2) is 0 Å². The molecule has 1 fully saturated rings. The van der Waals surface area contributed by atoms with Gasteiger partial charge in [-0.1, -0.05) is 12.5 Å². The molecule has 5 heteroatoms. The Kier molecular flexibility index (Phi) is 6.48. The largest absolute Gasteiger partial charge is 0.496 e. The number of ether oxygens (including phenoxy) is 1. The van der Waals surface area contributed by atoms with Crippen LogP contribution in [0.15, 0.2) is 30.5 Å². The van der Waals surface area contributed by atoms with Crippen molar-refractivity contribution in [2.75, 3.05) is 20.2 Å². The van der Waals surface area contributed by atoms with E-state index in [2.05, 4.69) is 46.5 Å². The fourth-order valence-corrected chi connectivity index (χ4v) is 3.43. The van der Waals surface area contributed by atoms with E-state index >= 15 is 0 Å². The number of nitrogens with zero attached hydrogens (tertiary/aromatic N) is 3. The van der Waals surface area contributed by atoms with Crippen molar-refractivity contribution >= 4 is 0 Å². The highest BCUT2D eigenvalue weighted by Gasteiger charge is 2.13. The maximum Gasteiger partial charge on any atom is 0.123 e. The number of aromatic nitrogens is 2. The van der Waals surface area contributed by atoms with Crippen LogP contribution >= 0.6 is 0 Å². The standard InChI is InChI=1S/C20H30N4O/c1-3-24-12-9-19(22-24)15-21-14-17-7-8-20(25-2)18(13-17)16-23-10-5-4-6-11-23/h7-9,12-13,21H,3-6,10-11,14-16H2,1-2H3. The first-order chi connectivity index (χ1) is 12.3. The van der Waals surface area contributed by atoms with Crippen LogP contribution in [0.5, 0.6) is 5.75 Å². The molecule has 2 heterocycles. The first-order valence-corrected chi connectivity index (χ1v) is 9.39. The summed E-state index contributed by atoms with van der Waals surface area (Å²) < 4.78 is 7.53. The number of benzene rings is 1. The first kappa shape index (κ1) is 18.0. The van der Waals surface area contributed by atoms with Crippen LogP contribution in [0.3, 0.4) is 0 Å². The molecule has 1 aliphatic rings. The normalized spacial score (nSPS) is 15.4. The molecule has 0 spiro atoms. The topological polar surface area (TPSA) is 42.3 Å². The molecule has 1 saturated heterocycles. The predicted molar refractivity (Wildman–Crippen MR) is 101 cm³/mol. The van der Waals surface area contributed by atoms with Gasteiger partial charge in [-0.2, -0.15) is 5.10 Å². The number of methoxy groups -OCH3 is 1. The Labute approximate surface area is 151 Å². The summed E-state index contributed by atoms with van der Waals surface area (Å²) in [5, 5.41) is 8.00. The maximum absolute atomic E-state index is 5.57. The average molecular weight is 342 g/mol. The third kappa shape index (κ3) is 5.06. The summed E-state index contributed by atoms with van der Waals surface area (Å²) in [6, 6.07) is 8.61. The van der Waals surface area contributed by atoms with Gasteiger partial charge >= 0.3 is 0 Å². The van der Waals surface area contributed by atoms with Gasteiger partial charge in [0, 0.05) is 37.9 Å². The van der Waals surface area contributed by atoms with E-state index in [1.54, 1.807) is 7.11 Å². The molecule has 0 radical (unpaired) electrons. The van der Waals surface area contributed by atoms with Crippen molar-refractivity contribution in [3.8, 4) is 5.75 Å². The number of likely N-dealkylation sites (tertiary alicyclic amines) is 1. The SMILES string of the molecule is CCn1ccc(CNCc2ccc(OC)c(CN3CCCCC3)c2)n1. The van der Waals surface area contributed by atoms with E-state index in [0.717, 1.165) is 37.6 Å². The minimum absolute atomic E-state index is 0.792. The Balaban J connectivity index is 1.58. The van der Waals surface area contributed by atoms with Crippen molar-refractivity contribution in [3.05, 3.63) is 47.3 Å². The minimum Gasteiger partial charge on any atom is -0.496 e. The summed E-state index contributed by atoms with van der Waals surface area (Å²) in [5.74, 6) is 0.996. The second-order valence-electron chi connectivity index (χ2n) is 6.75. The summed E-state index contributed by atoms with van der Waals surface area (Å²) in [5.41, 5.74) is 3.67. The molecule has 1 aromatic heterocycles. The predicted octanol–water partition coefficient (Wildman–Crippen LogP) is 3.19. The van der Waals surface area contributed by atoms with E-state index in [0.29, 0.717) is 0 Å². The Morgan fingerprint density at radius 1 is 1.12 bits per heavy atom. The highest BCUT2D eigenvalue weighted by Crippen LogP contribution is 2.23. The van der Waals surface area contributed by atoms with Crippen molar-refractivity contribution in [3.63, 3.8) is 0 Å². The van der Waals surface area contributed by atoms with Crippen LogP contribution in [0.1, 0.15) is 43.0 Å². The molecule has 0 saturated carbocycles. The van der Waals surface area contributed by atoms with Crippen LogP contribution < -0.4 is 10.1 Å². The number of piperidine rings is 1. The Morgan fingerprint density at radius 3 is 2.68 bits per heavy atom. The molecular formula is C20H30N4O. The fraction of sp³-hybridized carbons (Fsp3) is 0.550. The fourth-order valence-electron chi connectivity index (χ4n) is 3.43. The second-order valence-corrected chi connectivity index (χ2v) is 6.75. The van der Waals surface area contributed by atoms with Gasteiger partial charge in [-0.15, -0.1) is 0 Å². The molecule has 2 aromatic rings. The van der Waals surface area contributed by atoms with Crippen LogP contribution in [-0.4, -0.2) is 34.9 Å². The second kappa shape index (κ2) is 9.02. The molecule has 1 aliphatic heterocycles. The third-order valence-corrected chi connectivity index (χ3v) is 4.84. The van der Waals surface area contributed by atoms with Gasteiger partial charge in [0.25, 0.3) is 0 Å². The van der Waals surface area contributed by atoms with Crippen LogP contribution in [-0.2, 0) is 26.2 Å². The van der Waals surface area contributed by atoms with Gasteiger partial charge < -0.3 is 10.1 Å². The smallest absolute Gasteiger partial charge is 0.123 e. The van der Waals surface area contributed by atoms with Crippen LogP contribution in [0.2, 0.25) is 0 Å². The highest BCUT2D eigenvalue weighted by atomic mass is 16.5. The van der Waals surface area contributed by atoms with Crippen molar-refractivity contribution < 1.29 is 4.74 Å². The summed E-state index contributed by atoms with van der Waals surface area (Å²) in [6.07, 6.45) is 6.02. The van der Waals surface area contributed by atoms with E-state index in [1.165, 1.54) is 43.5 Å². The molecule has 3 rings (SSSR count). The van der Waals surface area contributed by atoms with Gasteiger partial charge in [0.1, 0.15) is 5.75 Å². The molecule has 1 N–H and O–H groups in total. The molecule has 1 aromatic carbocycles. The summed E-state index contributed by atoms with van der Waals surface area (Å²) in [6.45, 7) is 8.04. The maximum atomic E-state index is 5.57. The van der Waals surface area contributed by atoms with Gasteiger partial charge in [-0.3, -0.25) is 9.58 Å². The Morgan fingerprint density at radius 2 is 1.96 bits per heavy atom. The summed E-state index contributed by atoms with van der Waals surface area (Å²) >= 11 is 0. The number of aryl methyl sites for hydroxylation is 1. The van der Waals surface area contributed by atoms with Crippen LogP contribution in [0, 0.1) is 0 Å². The van der Waals surface area contributed by atoms with E-state index in [4.69, 9.17) is 4.74 Å². The Hall–Kier alpha value is -1.85. The quantitative estimate of drug-likeness (QED) is 0.800. The lowest BCUT2D eigenvalue weighted by molar-refractivity contribution is 0.218. The lowest BCUT2D eigenvalue weighted by atomic mass is 10.1. The zero-order valence-corrected chi connectivity index (χ0v) is 15.5. The minimum atomic E-state index is 0.792. The van der Waals surface area contributed by atoms with Gasteiger partial charge in [0.05, 0.1) is 12.8 Å². The van der Waals surface area contributed by atoms with Gasteiger partial charge in [0.2, 0.25) is 0 Å². The van der Waals surface area contributed by atoms with E-state index in [-0.39, 0.29) is 0 Å². The lowest BCUT2D eigenvalue weighted by Crippen LogP contribution is -2.29. The molecule has 0 amide bonds. The number of hydrogen-bond donors (Lipinski definition) is 1. The molecule has 0 bridgehead atoms. The van der Waals surface area contributed by atoms with Crippen LogP contribution in [0.25, 0.3) is 0 Å². The molecule has 0 atom stereocenters. The highest BCUT2D eigenvalue weighted by molar-refractivity contribution is 5.37. The lowest BCUT2D eigenvalue weighted by Gasteiger charge is -2.27. The molecule has 136 valence electrons. The summed E-state index contributed by atoms with van der Waals surface area (Å²) in [7, 11) is 1.76. The third-order valence-electron chi connectivity index (χ3n) is 4.84. The monoisotopic (exact) mass is 342 g/mol. The number of hydrogen-bond acceptors (Lipinski definition) is 4. The van der Waals surface area contributed by atoms with Gasteiger partial charge in [0.15, 0.2) is 0 Å². The molecule has 0 aliphatic carbocycles. The van der Waals surface area contributed by atoms with Crippen molar-refractivity contribution in [1.29, 1.82) is 0 Å². The van der Waals surface area contributed by atoms with Crippen molar-refractivity contribution in [2.45, 2.75) is 52.4 Å². The Bertz CT molecular complexity index is 661. The van der Waals surface area contributed by atoms with E-state index in [9.17, 15) is 0 Å². The number of nitrogens with one attached hydrogen (secondary N) is 1. The molecule has 25 heavy (non-hydrogen) atoms.